The molecule has 8 nitrogen and oxygen atoms in total. The van der Waals surface area contributed by atoms with Crippen LogP contribution in [0.2, 0.25) is 0 Å². The summed E-state index contributed by atoms with van der Waals surface area (Å²) in [5.41, 5.74) is -1.45. The fourth-order valence-electron chi connectivity index (χ4n) is 3.88. The normalized spacial score (nSPS) is 25.4. The second-order valence-corrected chi connectivity index (χ2v) is 8.39. The van der Waals surface area contributed by atoms with Gasteiger partial charge in [-0.25, -0.2) is 14.8 Å². The van der Waals surface area contributed by atoms with Crippen molar-refractivity contribution in [2.24, 2.45) is 5.41 Å². The molecule has 0 saturated carbocycles. The molecule has 0 aliphatic heterocycles. The summed E-state index contributed by atoms with van der Waals surface area (Å²) in [7, 11) is 0. The van der Waals surface area contributed by atoms with E-state index in [1.54, 1.807) is 0 Å². The maximum absolute atomic E-state index is 11.9. The summed E-state index contributed by atoms with van der Waals surface area (Å²) < 4.78 is 5.82. The lowest BCUT2D eigenvalue weighted by Gasteiger charge is -2.39. The van der Waals surface area contributed by atoms with Gasteiger partial charge in [0.15, 0.2) is 5.60 Å². The summed E-state index contributed by atoms with van der Waals surface area (Å²) in [6, 6.07) is 9.37. The first kappa shape index (κ1) is 22.4. The van der Waals surface area contributed by atoms with E-state index in [9.17, 15) is 24.9 Å². The first-order valence-corrected chi connectivity index (χ1v) is 9.98. The van der Waals surface area contributed by atoms with Crippen LogP contribution >= 0.6 is 0 Å². The topological polar surface area (TPSA) is 130 Å². The number of carboxylic acid groups (broad SMARTS) is 2. The van der Waals surface area contributed by atoms with Crippen LogP contribution in [0.3, 0.4) is 0 Å². The van der Waals surface area contributed by atoms with Gasteiger partial charge < -0.3 is 20.1 Å². The summed E-state index contributed by atoms with van der Waals surface area (Å²) in [6.07, 6.45) is 3.53. The number of rotatable bonds is 7. The molecule has 0 spiro atoms. The summed E-state index contributed by atoms with van der Waals surface area (Å²) in [5.74, 6) is -3.22. The molecule has 3 unspecified atom stereocenters. The monoisotopic (exact) mass is 426 g/mol. The summed E-state index contributed by atoms with van der Waals surface area (Å²) in [6.45, 7) is 5.82. The highest BCUT2D eigenvalue weighted by Crippen LogP contribution is 2.44. The van der Waals surface area contributed by atoms with E-state index in [0.717, 1.165) is 11.1 Å². The Kier molecular flexibility index (Phi) is 6.13. The van der Waals surface area contributed by atoms with E-state index < -0.39 is 35.3 Å². The highest BCUT2D eigenvalue weighted by Gasteiger charge is 2.53. The van der Waals surface area contributed by atoms with E-state index in [0.29, 0.717) is 5.92 Å². The van der Waals surface area contributed by atoms with Crippen molar-refractivity contribution in [3.8, 4) is 5.88 Å². The molecule has 0 radical (unpaired) electrons. The van der Waals surface area contributed by atoms with Crippen molar-refractivity contribution < 1.29 is 29.6 Å². The third-order valence-electron chi connectivity index (χ3n) is 5.70. The number of hydrogen-bond acceptors (Lipinski definition) is 6. The minimum Gasteiger partial charge on any atom is -0.481 e. The van der Waals surface area contributed by atoms with Gasteiger partial charge in [0.2, 0.25) is 5.88 Å². The molecule has 1 aromatic carbocycles. The molecule has 2 aromatic rings. The van der Waals surface area contributed by atoms with Gasteiger partial charge in [-0.05, 0) is 24.0 Å². The number of carbonyl (C=O) groups is 2. The maximum Gasteiger partial charge on any atom is 0.336 e. The van der Waals surface area contributed by atoms with Gasteiger partial charge in [-0.2, -0.15) is 0 Å². The molecule has 0 amide bonds. The largest absolute Gasteiger partial charge is 0.481 e. The molecule has 164 valence electrons. The van der Waals surface area contributed by atoms with Crippen LogP contribution in [-0.4, -0.2) is 42.8 Å². The molecular formula is C23H26N2O6. The molecule has 1 aromatic heterocycles. The zero-order chi connectivity index (χ0) is 22.8. The summed E-state index contributed by atoms with van der Waals surface area (Å²) >= 11 is 0. The summed E-state index contributed by atoms with van der Waals surface area (Å²) in [5, 5.41) is 30.1. The van der Waals surface area contributed by atoms with E-state index in [1.807, 2.05) is 24.3 Å². The molecule has 3 N–H and O–H groups in total. The Morgan fingerprint density at radius 2 is 1.90 bits per heavy atom. The molecule has 3 atom stereocenters. The van der Waals surface area contributed by atoms with Gasteiger partial charge in [-0.3, -0.25) is 4.79 Å². The number of nitrogens with zero attached hydrogens (tertiary/aromatic N) is 2. The Bertz CT molecular complexity index is 1020. The van der Waals surface area contributed by atoms with Crippen molar-refractivity contribution in [2.75, 3.05) is 0 Å². The Balaban J connectivity index is 1.88. The van der Waals surface area contributed by atoms with Crippen molar-refractivity contribution in [2.45, 2.75) is 51.2 Å². The molecular weight excluding hydrogens is 400 g/mol. The number of aromatic nitrogens is 2. The third-order valence-corrected chi connectivity index (χ3v) is 5.70. The van der Waals surface area contributed by atoms with Gasteiger partial charge in [0.05, 0.1) is 17.0 Å². The van der Waals surface area contributed by atoms with Gasteiger partial charge in [-0.15, -0.1) is 0 Å². The van der Waals surface area contributed by atoms with Crippen molar-refractivity contribution in [1.82, 2.24) is 9.97 Å². The van der Waals surface area contributed by atoms with Crippen LogP contribution in [0, 0.1) is 5.41 Å². The van der Waals surface area contributed by atoms with Crippen LogP contribution < -0.4 is 4.74 Å². The van der Waals surface area contributed by atoms with Gasteiger partial charge >= 0.3 is 11.9 Å². The van der Waals surface area contributed by atoms with E-state index in [2.05, 4.69) is 23.8 Å². The van der Waals surface area contributed by atoms with Crippen LogP contribution in [-0.2, 0) is 16.2 Å². The van der Waals surface area contributed by atoms with Crippen molar-refractivity contribution in [1.29, 1.82) is 0 Å². The lowest BCUT2D eigenvalue weighted by molar-refractivity contribution is -0.167. The fraction of sp³-hybridized carbons (Fsp3) is 0.391. The Hall–Kier alpha value is -3.26. The number of ether oxygens (including phenoxy) is 1. The molecule has 0 saturated heterocycles. The van der Waals surface area contributed by atoms with Crippen LogP contribution in [0.1, 0.15) is 55.8 Å². The molecule has 1 aliphatic carbocycles. The number of benzene rings is 1. The van der Waals surface area contributed by atoms with Gasteiger partial charge in [0.1, 0.15) is 12.9 Å². The Morgan fingerprint density at radius 1 is 1.19 bits per heavy atom. The zero-order valence-electron chi connectivity index (χ0n) is 17.6. The highest BCUT2D eigenvalue weighted by atomic mass is 16.5. The van der Waals surface area contributed by atoms with Crippen molar-refractivity contribution in [3.63, 3.8) is 0 Å². The molecule has 1 heterocycles. The van der Waals surface area contributed by atoms with Crippen molar-refractivity contribution >= 4 is 11.9 Å². The molecule has 0 bridgehead atoms. The van der Waals surface area contributed by atoms with E-state index in [-0.39, 0.29) is 18.2 Å². The average molecular weight is 426 g/mol. The first-order valence-electron chi connectivity index (χ1n) is 9.98. The summed E-state index contributed by atoms with van der Waals surface area (Å²) in [4.78, 5) is 31.7. The predicted octanol–water partition coefficient (Wildman–Crippen LogP) is 3.13. The molecule has 8 heteroatoms. The standard InChI is InChI=1S/C23H26N2O6/c1-14(2)16-7-5-4-6-15(16)11-31-19-10-18(24-13-25-19)17-8-9-22(3,20(26)27)12-23(17,30)21(28)29/h4-10,13-14,17,30H,11-12H2,1-3H3,(H,26,27)(H,28,29). The second-order valence-electron chi connectivity index (χ2n) is 8.39. The van der Waals surface area contributed by atoms with Gasteiger partial charge in [-0.1, -0.05) is 50.3 Å². The smallest absolute Gasteiger partial charge is 0.336 e. The Morgan fingerprint density at radius 3 is 2.55 bits per heavy atom. The zero-order valence-corrected chi connectivity index (χ0v) is 17.6. The number of aliphatic hydroxyl groups is 1. The molecule has 0 fully saturated rings. The first-order chi connectivity index (χ1) is 14.6. The second kappa shape index (κ2) is 8.47. The van der Waals surface area contributed by atoms with E-state index >= 15 is 0 Å². The minimum absolute atomic E-state index is 0.232. The average Bonchev–Trinajstić information content (AvgIpc) is 2.72. The number of aliphatic carboxylic acids is 2. The molecule has 1 aliphatic rings. The van der Waals surface area contributed by atoms with Crippen LogP contribution in [0.15, 0.2) is 48.8 Å². The van der Waals surface area contributed by atoms with Crippen molar-refractivity contribution in [3.05, 3.63) is 65.6 Å². The minimum atomic E-state index is -2.34. The molecule has 3 rings (SSSR count). The fourth-order valence-corrected chi connectivity index (χ4v) is 3.88. The van der Waals surface area contributed by atoms with Crippen LogP contribution in [0.4, 0.5) is 0 Å². The van der Waals surface area contributed by atoms with Gasteiger partial charge in [0.25, 0.3) is 0 Å². The quantitative estimate of drug-likeness (QED) is 0.576. The third kappa shape index (κ3) is 4.44. The number of hydrogen-bond donors (Lipinski definition) is 3. The van der Waals surface area contributed by atoms with E-state index in [4.69, 9.17) is 4.74 Å². The van der Waals surface area contributed by atoms with Crippen LogP contribution in [0.25, 0.3) is 0 Å². The number of carboxylic acids is 2. The predicted molar refractivity (Wildman–Crippen MR) is 112 cm³/mol. The maximum atomic E-state index is 11.9. The highest BCUT2D eigenvalue weighted by molar-refractivity contribution is 5.84. The molecule has 31 heavy (non-hydrogen) atoms. The lowest BCUT2D eigenvalue weighted by atomic mass is 9.67. The Labute approximate surface area is 180 Å². The van der Waals surface area contributed by atoms with Crippen LogP contribution in [0.5, 0.6) is 5.88 Å². The van der Waals surface area contributed by atoms with Gasteiger partial charge in [0, 0.05) is 12.5 Å². The van der Waals surface area contributed by atoms with E-state index in [1.165, 1.54) is 31.5 Å². The SMILES string of the molecule is CC(C)c1ccccc1COc1cc(C2C=CC(C)(C(=O)O)CC2(O)C(=O)O)ncn1. The lowest BCUT2D eigenvalue weighted by Crippen LogP contribution is -2.51.